The molecular formula is C11H8N2S. The fourth-order valence-corrected chi connectivity index (χ4v) is 2.47. The van der Waals surface area contributed by atoms with Crippen molar-refractivity contribution in [2.75, 3.05) is 0 Å². The number of nitrogens with zero attached hydrogens (tertiary/aromatic N) is 2. The van der Waals surface area contributed by atoms with Crippen LogP contribution in [0.3, 0.4) is 0 Å². The summed E-state index contributed by atoms with van der Waals surface area (Å²) in [4.78, 5) is 11.1. The van der Waals surface area contributed by atoms with Crippen LogP contribution in [0.15, 0.2) is 46.5 Å². The van der Waals surface area contributed by atoms with Crippen LogP contribution in [0.25, 0.3) is 0 Å². The standard InChI is InChI=1S/C11H8N2S/c1-3-12-8-5-9-7-11(2-4-13-9)14-10(1)6-8/h1-4,6-7H,5H2. The van der Waals surface area contributed by atoms with E-state index in [0.29, 0.717) is 0 Å². The van der Waals surface area contributed by atoms with E-state index in [-0.39, 0.29) is 0 Å². The van der Waals surface area contributed by atoms with Crippen LogP contribution in [0.1, 0.15) is 11.4 Å². The van der Waals surface area contributed by atoms with Crippen LogP contribution in [0, 0.1) is 0 Å². The van der Waals surface area contributed by atoms with Gasteiger partial charge in [-0.15, -0.1) is 0 Å². The summed E-state index contributed by atoms with van der Waals surface area (Å²) in [6.07, 6.45) is 4.56. The Bertz CT molecular complexity index is 402. The summed E-state index contributed by atoms with van der Waals surface area (Å²) in [5.74, 6) is 0. The first-order valence-corrected chi connectivity index (χ1v) is 5.29. The quantitative estimate of drug-likeness (QED) is 0.557. The van der Waals surface area contributed by atoms with E-state index in [1.54, 1.807) is 11.8 Å². The first-order chi connectivity index (χ1) is 6.90. The summed E-state index contributed by atoms with van der Waals surface area (Å²) in [5, 5.41) is 0. The second-order valence-corrected chi connectivity index (χ2v) is 4.39. The Hall–Kier alpha value is -1.35. The van der Waals surface area contributed by atoms with Crippen molar-refractivity contribution in [1.82, 2.24) is 9.97 Å². The zero-order valence-corrected chi connectivity index (χ0v) is 8.29. The van der Waals surface area contributed by atoms with Gasteiger partial charge < -0.3 is 0 Å². The second kappa shape index (κ2) is 3.10. The van der Waals surface area contributed by atoms with Crippen molar-refractivity contribution >= 4 is 11.8 Å². The maximum atomic E-state index is 4.31. The summed E-state index contributed by atoms with van der Waals surface area (Å²) >= 11 is 1.76. The number of hydrogen-bond acceptors (Lipinski definition) is 3. The van der Waals surface area contributed by atoms with Gasteiger partial charge >= 0.3 is 0 Å². The van der Waals surface area contributed by atoms with Crippen LogP contribution in [-0.2, 0) is 6.42 Å². The van der Waals surface area contributed by atoms with E-state index in [1.807, 2.05) is 24.5 Å². The Morgan fingerprint density at radius 3 is 2.07 bits per heavy atom. The molecule has 0 saturated heterocycles. The molecule has 68 valence electrons. The molecule has 3 rings (SSSR count). The largest absolute Gasteiger partial charge is 0.261 e. The SMILES string of the molecule is c1cc2cc(n1)Cc1cc(ccn1)S2. The lowest BCUT2D eigenvalue weighted by Crippen LogP contribution is -1.97. The van der Waals surface area contributed by atoms with Gasteiger partial charge in [0.1, 0.15) is 0 Å². The van der Waals surface area contributed by atoms with E-state index in [0.717, 1.165) is 17.8 Å². The molecular weight excluding hydrogens is 192 g/mol. The van der Waals surface area contributed by atoms with Gasteiger partial charge in [0.05, 0.1) is 0 Å². The van der Waals surface area contributed by atoms with Gasteiger partial charge in [-0.2, -0.15) is 0 Å². The third kappa shape index (κ3) is 1.40. The van der Waals surface area contributed by atoms with Gasteiger partial charge in [-0.3, -0.25) is 9.97 Å². The summed E-state index contributed by atoms with van der Waals surface area (Å²) in [7, 11) is 0. The first-order valence-electron chi connectivity index (χ1n) is 4.48. The highest BCUT2D eigenvalue weighted by atomic mass is 32.2. The highest BCUT2D eigenvalue weighted by molar-refractivity contribution is 7.99. The smallest absolute Gasteiger partial charge is 0.0474 e. The van der Waals surface area contributed by atoms with Gasteiger partial charge in [-0.1, -0.05) is 11.8 Å². The molecule has 1 aliphatic heterocycles. The van der Waals surface area contributed by atoms with Crippen LogP contribution < -0.4 is 0 Å². The summed E-state index contributed by atoms with van der Waals surface area (Å²) in [6, 6.07) is 8.35. The molecule has 0 spiro atoms. The molecule has 0 radical (unpaired) electrons. The van der Waals surface area contributed by atoms with Crippen LogP contribution in [0.4, 0.5) is 0 Å². The molecule has 2 aromatic rings. The minimum absolute atomic E-state index is 0.836. The van der Waals surface area contributed by atoms with Crippen LogP contribution >= 0.6 is 11.8 Å². The molecule has 0 aromatic carbocycles. The minimum Gasteiger partial charge on any atom is -0.261 e. The Kier molecular flexibility index (Phi) is 1.77. The van der Waals surface area contributed by atoms with Gasteiger partial charge in [-0.05, 0) is 24.3 Å². The van der Waals surface area contributed by atoms with Gasteiger partial charge in [-0.25, -0.2) is 0 Å². The minimum atomic E-state index is 0.836. The van der Waals surface area contributed by atoms with E-state index in [4.69, 9.17) is 0 Å². The molecule has 1 aliphatic rings. The lowest BCUT2D eigenvalue weighted by molar-refractivity contribution is 0.980. The fraction of sp³-hybridized carbons (Fsp3) is 0.0909. The molecule has 4 bridgehead atoms. The number of rotatable bonds is 0. The van der Waals surface area contributed by atoms with Crippen molar-refractivity contribution in [3.63, 3.8) is 0 Å². The lowest BCUT2D eigenvalue weighted by atomic mass is 10.2. The lowest BCUT2D eigenvalue weighted by Gasteiger charge is -2.09. The molecule has 14 heavy (non-hydrogen) atoms. The normalized spacial score (nSPS) is 13.1. The van der Waals surface area contributed by atoms with Crippen molar-refractivity contribution in [2.24, 2.45) is 0 Å². The zero-order chi connectivity index (χ0) is 9.38. The van der Waals surface area contributed by atoms with Crippen molar-refractivity contribution in [3.8, 4) is 0 Å². The van der Waals surface area contributed by atoms with Crippen molar-refractivity contribution < 1.29 is 0 Å². The molecule has 2 aromatic heterocycles. The summed E-state index contributed by atoms with van der Waals surface area (Å²) in [5.41, 5.74) is 2.19. The van der Waals surface area contributed by atoms with Crippen LogP contribution in [-0.4, -0.2) is 9.97 Å². The number of hydrogen-bond donors (Lipinski definition) is 0. The van der Waals surface area contributed by atoms with Crippen molar-refractivity contribution in [2.45, 2.75) is 16.2 Å². The maximum Gasteiger partial charge on any atom is 0.0474 e. The molecule has 0 fully saturated rings. The molecule has 0 N–H and O–H groups in total. The average Bonchev–Trinajstić information content (AvgIpc) is 2.17. The van der Waals surface area contributed by atoms with Gasteiger partial charge in [0.2, 0.25) is 0 Å². The Morgan fingerprint density at radius 2 is 1.50 bits per heavy atom. The third-order valence-electron chi connectivity index (χ3n) is 2.17. The Balaban J connectivity index is 2.17. The van der Waals surface area contributed by atoms with Crippen LogP contribution in [0.5, 0.6) is 0 Å². The monoisotopic (exact) mass is 200 g/mol. The van der Waals surface area contributed by atoms with Gasteiger partial charge in [0.25, 0.3) is 0 Å². The van der Waals surface area contributed by atoms with Crippen molar-refractivity contribution in [1.29, 1.82) is 0 Å². The van der Waals surface area contributed by atoms with Gasteiger partial charge in [0.15, 0.2) is 0 Å². The molecule has 0 unspecified atom stereocenters. The van der Waals surface area contributed by atoms with E-state index in [9.17, 15) is 0 Å². The van der Waals surface area contributed by atoms with E-state index < -0.39 is 0 Å². The molecule has 2 nitrogen and oxygen atoms in total. The highest BCUT2D eigenvalue weighted by Gasteiger charge is 2.07. The molecule has 0 saturated carbocycles. The summed E-state index contributed by atoms with van der Waals surface area (Å²) < 4.78 is 0. The topological polar surface area (TPSA) is 25.8 Å². The molecule has 0 atom stereocenters. The molecule has 3 heteroatoms. The predicted octanol–water partition coefficient (Wildman–Crippen LogP) is 2.53. The zero-order valence-electron chi connectivity index (χ0n) is 7.47. The Labute approximate surface area is 86.4 Å². The fourth-order valence-electron chi connectivity index (χ4n) is 1.55. The number of aromatic nitrogens is 2. The second-order valence-electron chi connectivity index (χ2n) is 3.24. The number of pyridine rings is 2. The average molecular weight is 200 g/mol. The highest BCUT2D eigenvalue weighted by Crippen LogP contribution is 2.30. The van der Waals surface area contributed by atoms with Crippen LogP contribution in [0.2, 0.25) is 0 Å². The maximum absolute atomic E-state index is 4.31. The van der Waals surface area contributed by atoms with E-state index >= 15 is 0 Å². The predicted molar refractivity (Wildman–Crippen MR) is 55.4 cm³/mol. The molecule has 3 heterocycles. The molecule has 0 aliphatic carbocycles. The van der Waals surface area contributed by atoms with Gasteiger partial charge in [0, 0.05) is 40.0 Å². The number of fused-ring (bicyclic) bond motifs is 4. The first kappa shape index (κ1) is 8.00. The van der Waals surface area contributed by atoms with E-state index in [2.05, 4.69) is 22.1 Å². The summed E-state index contributed by atoms with van der Waals surface area (Å²) in [6.45, 7) is 0. The molecule has 0 amide bonds. The third-order valence-corrected chi connectivity index (χ3v) is 3.15. The Morgan fingerprint density at radius 1 is 0.929 bits per heavy atom. The van der Waals surface area contributed by atoms with E-state index in [1.165, 1.54) is 9.79 Å². The van der Waals surface area contributed by atoms with Crippen molar-refractivity contribution in [3.05, 3.63) is 48.0 Å².